The van der Waals surface area contributed by atoms with Crippen molar-refractivity contribution in [3.8, 4) is 22.6 Å². The molecule has 0 unspecified atom stereocenters. The molecular weight excluding hydrogens is 268 g/mol. The number of rotatable bonds is 3. The van der Waals surface area contributed by atoms with Crippen LogP contribution in [0.5, 0.6) is 11.5 Å². The molecule has 3 rings (SSSR count). The number of hydrogen-bond donors (Lipinski definition) is 0. The van der Waals surface area contributed by atoms with Crippen LogP contribution in [0.1, 0.15) is 16.7 Å². The van der Waals surface area contributed by atoms with Crippen LogP contribution in [0, 0.1) is 20.8 Å². The van der Waals surface area contributed by atoms with E-state index in [4.69, 9.17) is 4.74 Å². The molecule has 0 N–H and O–H groups in total. The lowest BCUT2D eigenvalue weighted by Crippen LogP contribution is -1.93. The fraction of sp³-hybridized carbons (Fsp3) is 0.143. The molecule has 0 bridgehead atoms. The van der Waals surface area contributed by atoms with Gasteiger partial charge in [0.15, 0.2) is 0 Å². The predicted molar refractivity (Wildman–Crippen MR) is 92.6 cm³/mol. The number of ether oxygens (including phenoxy) is 1. The standard InChI is InChI=1S/C21H20O/c1-15-13-14-19(17(3)16(15)2)20-11-7-8-12-21(20)22-18-9-5-4-6-10-18/h4-14H,1-3H3. The molecule has 3 aromatic carbocycles. The summed E-state index contributed by atoms with van der Waals surface area (Å²) in [5, 5.41) is 0. The van der Waals surface area contributed by atoms with E-state index in [1.165, 1.54) is 22.3 Å². The Kier molecular flexibility index (Phi) is 3.97. The average Bonchev–Trinajstić information content (AvgIpc) is 2.55. The maximum atomic E-state index is 6.09. The highest BCUT2D eigenvalue weighted by molar-refractivity contribution is 5.75. The summed E-state index contributed by atoms with van der Waals surface area (Å²) in [6, 6.07) is 22.5. The molecule has 1 heteroatoms. The first-order valence-electron chi connectivity index (χ1n) is 7.56. The Balaban J connectivity index is 2.07. The molecule has 0 aliphatic carbocycles. The average molecular weight is 288 g/mol. The van der Waals surface area contributed by atoms with Gasteiger partial charge in [-0.25, -0.2) is 0 Å². The third kappa shape index (κ3) is 2.75. The minimum Gasteiger partial charge on any atom is -0.457 e. The van der Waals surface area contributed by atoms with Crippen LogP contribution in [0.15, 0.2) is 66.7 Å². The van der Waals surface area contributed by atoms with Gasteiger partial charge >= 0.3 is 0 Å². The Labute approximate surface area is 132 Å². The van der Waals surface area contributed by atoms with Gasteiger partial charge in [0.05, 0.1) is 0 Å². The molecule has 0 radical (unpaired) electrons. The summed E-state index contributed by atoms with van der Waals surface area (Å²) in [6.45, 7) is 6.50. The first kappa shape index (κ1) is 14.4. The van der Waals surface area contributed by atoms with E-state index in [1.54, 1.807) is 0 Å². The SMILES string of the molecule is Cc1ccc(-c2ccccc2Oc2ccccc2)c(C)c1C. The third-order valence-corrected chi connectivity index (χ3v) is 4.21. The first-order valence-corrected chi connectivity index (χ1v) is 7.56. The van der Waals surface area contributed by atoms with Gasteiger partial charge in [0, 0.05) is 5.56 Å². The molecule has 0 fully saturated rings. The summed E-state index contributed by atoms with van der Waals surface area (Å²) in [5.41, 5.74) is 6.33. The fourth-order valence-corrected chi connectivity index (χ4v) is 2.64. The second kappa shape index (κ2) is 6.07. The maximum absolute atomic E-state index is 6.09. The Hall–Kier alpha value is -2.54. The molecule has 0 aromatic heterocycles. The molecule has 22 heavy (non-hydrogen) atoms. The van der Waals surface area contributed by atoms with E-state index in [-0.39, 0.29) is 0 Å². The van der Waals surface area contributed by atoms with E-state index >= 15 is 0 Å². The number of hydrogen-bond acceptors (Lipinski definition) is 1. The van der Waals surface area contributed by atoms with Gasteiger partial charge in [-0.15, -0.1) is 0 Å². The van der Waals surface area contributed by atoms with Gasteiger partial charge in [-0.2, -0.15) is 0 Å². The highest BCUT2D eigenvalue weighted by atomic mass is 16.5. The van der Waals surface area contributed by atoms with Gasteiger partial charge in [-0.1, -0.05) is 48.5 Å². The highest BCUT2D eigenvalue weighted by Gasteiger charge is 2.11. The molecule has 3 aromatic rings. The van der Waals surface area contributed by atoms with Crippen LogP contribution in [-0.4, -0.2) is 0 Å². The first-order chi connectivity index (χ1) is 10.7. The van der Waals surface area contributed by atoms with Gasteiger partial charge < -0.3 is 4.74 Å². The fourth-order valence-electron chi connectivity index (χ4n) is 2.64. The lowest BCUT2D eigenvalue weighted by Gasteiger charge is -2.15. The Bertz CT molecular complexity index is 788. The summed E-state index contributed by atoms with van der Waals surface area (Å²) in [6.07, 6.45) is 0. The van der Waals surface area contributed by atoms with Crippen LogP contribution in [0.4, 0.5) is 0 Å². The highest BCUT2D eigenvalue weighted by Crippen LogP contribution is 2.36. The molecule has 0 saturated heterocycles. The minimum absolute atomic E-state index is 0.858. The molecule has 0 saturated carbocycles. The normalized spacial score (nSPS) is 10.5. The quantitative estimate of drug-likeness (QED) is 0.568. The summed E-state index contributed by atoms with van der Waals surface area (Å²) >= 11 is 0. The Morgan fingerprint density at radius 2 is 1.27 bits per heavy atom. The maximum Gasteiger partial charge on any atom is 0.135 e. The van der Waals surface area contributed by atoms with Crippen LogP contribution in [0.3, 0.4) is 0 Å². The smallest absolute Gasteiger partial charge is 0.135 e. The van der Waals surface area contributed by atoms with Crippen molar-refractivity contribution in [2.24, 2.45) is 0 Å². The van der Waals surface area contributed by atoms with Crippen molar-refractivity contribution in [3.63, 3.8) is 0 Å². The molecule has 1 nitrogen and oxygen atoms in total. The number of aryl methyl sites for hydroxylation is 1. The zero-order chi connectivity index (χ0) is 15.5. The van der Waals surface area contributed by atoms with Gasteiger partial charge in [0.2, 0.25) is 0 Å². The second-order valence-corrected chi connectivity index (χ2v) is 5.59. The topological polar surface area (TPSA) is 9.23 Å². The van der Waals surface area contributed by atoms with Crippen LogP contribution >= 0.6 is 0 Å². The lowest BCUT2D eigenvalue weighted by atomic mass is 9.94. The molecule has 110 valence electrons. The number of para-hydroxylation sites is 2. The molecule has 0 heterocycles. The summed E-state index contributed by atoms with van der Waals surface area (Å²) in [7, 11) is 0. The molecule has 0 aliphatic heterocycles. The Morgan fingerprint density at radius 1 is 0.591 bits per heavy atom. The molecule has 0 amide bonds. The monoisotopic (exact) mass is 288 g/mol. The van der Waals surface area contributed by atoms with Crippen molar-refractivity contribution in [2.75, 3.05) is 0 Å². The van der Waals surface area contributed by atoms with E-state index in [9.17, 15) is 0 Å². The van der Waals surface area contributed by atoms with Crippen molar-refractivity contribution >= 4 is 0 Å². The van der Waals surface area contributed by atoms with Gasteiger partial charge in [-0.05, 0) is 61.2 Å². The van der Waals surface area contributed by atoms with E-state index in [1.807, 2.05) is 42.5 Å². The van der Waals surface area contributed by atoms with Crippen molar-refractivity contribution in [1.29, 1.82) is 0 Å². The van der Waals surface area contributed by atoms with Crippen LogP contribution in [-0.2, 0) is 0 Å². The van der Waals surface area contributed by atoms with Crippen LogP contribution in [0.25, 0.3) is 11.1 Å². The molecule has 0 aliphatic rings. The third-order valence-electron chi connectivity index (χ3n) is 4.21. The largest absolute Gasteiger partial charge is 0.457 e. The van der Waals surface area contributed by atoms with E-state index < -0.39 is 0 Å². The van der Waals surface area contributed by atoms with Crippen LogP contribution < -0.4 is 4.74 Å². The zero-order valence-electron chi connectivity index (χ0n) is 13.3. The van der Waals surface area contributed by atoms with Crippen molar-refractivity contribution in [1.82, 2.24) is 0 Å². The van der Waals surface area contributed by atoms with E-state index in [0.717, 1.165) is 17.1 Å². The van der Waals surface area contributed by atoms with Crippen molar-refractivity contribution in [2.45, 2.75) is 20.8 Å². The lowest BCUT2D eigenvalue weighted by molar-refractivity contribution is 0.484. The summed E-state index contributed by atoms with van der Waals surface area (Å²) in [4.78, 5) is 0. The predicted octanol–water partition coefficient (Wildman–Crippen LogP) is 6.07. The van der Waals surface area contributed by atoms with Crippen molar-refractivity contribution in [3.05, 3.63) is 83.4 Å². The Morgan fingerprint density at radius 3 is 2.05 bits per heavy atom. The molecular formula is C21H20O. The van der Waals surface area contributed by atoms with E-state index in [2.05, 4.69) is 45.0 Å². The second-order valence-electron chi connectivity index (χ2n) is 5.59. The van der Waals surface area contributed by atoms with E-state index in [0.29, 0.717) is 0 Å². The van der Waals surface area contributed by atoms with Gasteiger partial charge in [-0.3, -0.25) is 0 Å². The van der Waals surface area contributed by atoms with Gasteiger partial charge in [0.25, 0.3) is 0 Å². The van der Waals surface area contributed by atoms with Crippen molar-refractivity contribution < 1.29 is 4.74 Å². The summed E-state index contributed by atoms with van der Waals surface area (Å²) < 4.78 is 6.09. The minimum atomic E-state index is 0.858. The van der Waals surface area contributed by atoms with Crippen LogP contribution in [0.2, 0.25) is 0 Å². The zero-order valence-corrected chi connectivity index (χ0v) is 13.3. The molecule has 0 atom stereocenters. The number of benzene rings is 3. The molecule has 0 spiro atoms. The van der Waals surface area contributed by atoms with Gasteiger partial charge in [0.1, 0.15) is 11.5 Å². The summed E-state index contributed by atoms with van der Waals surface area (Å²) in [5.74, 6) is 1.75.